The van der Waals surface area contributed by atoms with Crippen LogP contribution in [-0.4, -0.2) is 36.2 Å². The van der Waals surface area contributed by atoms with Gasteiger partial charge in [0.1, 0.15) is 0 Å². The molecule has 1 aromatic rings. The van der Waals surface area contributed by atoms with Gasteiger partial charge in [0.15, 0.2) is 0 Å². The minimum Gasteiger partial charge on any atom is -0.376 e. The largest absolute Gasteiger partial charge is 0.376 e. The summed E-state index contributed by atoms with van der Waals surface area (Å²) in [4.78, 5) is 2.52. The molecule has 4 unspecified atom stereocenters. The van der Waals surface area contributed by atoms with Crippen LogP contribution in [0.4, 0.5) is 0 Å². The molecule has 1 aromatic carbocycles. The van der Waals surface area contributed by atoms with Gasteiger partial charge in [-0.15, -0.1) is 0 Å². The highest BCUT2D eigenvalue weighted by atomic mass is 16.5. The second-order valence-electron chi connectivity index (χ2n) is 5.58. The lowest BCUT2D eigenvalue weighted by molar-refractivity contribution is -0.0733. The topological polar surface area (TPSA) is 38.5 Å². The standard InChI is InChI=1S/C16H26N2O/c1-4-15-11-19-12(2)10-18(15)13(3)16(17)14-8-6-5-7-9-14/h5-9,12-13,15-16H,4,10-11,17H2,1-3H3. The molecule has 106 valence electrons. The summed E-state index contributed by atoms with van der Waals surface area (Å²) < 4.78 is 5.76. The number of benzene rings is 1. The van der Waals surface area contributed by atoms with E-state index in [1.54, 1.807) is 0 Å². The summed E-state index contributed by atoms with van der Waals surface area (Å²) in [5, 5.41) is 0. The Morgan fingerprint density at radius 3 is 2.68 bits per heavy atom. The molecular weight excluding hydrogens is 236 g/mol. The molecule has 2 rings (SSSR count). The summed E-state index contributed by atoms with van der Waals surface area (Å²) in [6, 6.07) is 11.3. The maximum absolute atomic E-state index is 6.45. The van der Waals surface area contributed by atoms with Crippen molar-refractivity contribution in [2.45, 2.75) is 51.4 Å². The van der Waals surface area contributed by atoms with Crippen LogP contribution in [0.15, 0.2) is 30.3 Å². The fourth-order valence-electron chi connectivity index (χ4n) is 2.88. The average molecular weight is 262 g/mol. The Hall–Kier alpha value is -0.900. The number of morpholine rings is 1. The lowest BCUT2D eigenvalue weighted by atomic mass is 9.97. The summed E-state index contributed by atoms with van der Waals surface area (Å²) in [6.07, 6.45) is 1.41. The number of hydrogen-bond donors (Lipinski definition) is 1. The van der Waals surface area contributed by atoms with Crippen molar-refractivity contribution in [3.63, 3.8) is 0 Å². The first-order chi connectivity index (χ1) is 9.13. The first-order valence-corrected chi connectivity index (χ1v) is 7.31. The molecule has 1 fully saturated rings. The van der Waals surface area contributed by atoms with Crippen molar-refractivity contribution in [3.8, 4) is 0 Å². The van der Waals surface area contributed by atoms with Crippen LogP contribution in [0.1, 0.15) is 38.8 Å². The molecule has 3 nitrogen and oxygen atoms in total. The van der Waals surface area contributed by atoms with Crippen LogP contribution in [-0.2, 0) is 4.74 Å². The third kappa shape index (κ3) is 3.35. The fraction of sp³-hybridized carbons (Fsp3) is 0.625. The number of hydrogen-bond acceptors (Lipinski definition) is 3. The second kappa shape index (κ2) is 6.51. The molecule has 4 atom stereocenters. The predicted octanol–water partition coefficient (Wildman–Crippen LogP) is 2.57. The van der Waals surface area contributed by atoms with Crippen LogP contribution >= 0.6 is 0 Å². The van der Waals surface area contributed by atoms with Gasteiger partial charge in [-0.05, 0) is 25.8 Å². The Morgan fingerprint density at radius 2 is 2.05 bits per heavy atom. The van der Waals surface area contributed by atoms with Gasteiger partial charge in [0.05, 0.1) is 12.7 Å². The Balaban J connectivity index is 2.10. The number of ether oxygens (including phenoxy) is 1. The molecule has 1 heterocycles. The van der Waals surface area contributed by atoms with E-state index in [-0.39, 0.29) is 6.04 Å². The first-order valence-electron chi connectivity index (χ1n) is 7.31. The van der Waals surface area contributed by atoms with Gasteiger partial charge in [-0.1, -0.05) is 37.3 Å². The highest BCUT2D eigenvalue weighted by Gasteiger charge is 2.32. The SMILES string of the molecule is CCC1COC(C)CN1C(C)C(N)c1ccccc1. The van der Waals surface area contributed by atoms with Crippen molar-refractivity contribution < 1.29 is 4.74 Å². The van der Waals surface area contributed by atoms with Crippen LogP contribution in [0, 0.1) is 0 Å². The maximum Gasteiger partial charge on any atom is 0.0674 e. The zero-order chi connectivity index (χ0) is 13.8. The fourth-order valence-corrected chi connectivity index (χ4v) is 2.88. The molecule has 1 saturated heterocycles. The van der Waals surface area contributed by atoms with Crippen LogP contribution < -0.4 is 5.73 Å². The Kier molecular flexibility index (Phi) is 4.97. The molecule has 0 aromatic heterocycles. The predicted molar refractivity (Wildman–Crippen MR) is 79.0 cm³/mol. The van der Waals surface area contributed by atoms with E-state index in [1.165, 1.54) is 5.56 Å². The van der Waals surface area contributed by atoms with Crippen molar-refractivity contribution >= 4 is 0 Å². The van der Waals surface area contributed by atoms with E-state index in [0.29, 0.717) is 18.2 Å². The molecule has 0 amide bonds. The highest BCUT2D eigenvalue weighted by molar-refractivity contribution is 5.20. The monoisotopic (exact) mass is 262 g/mol. The van der Waals surface area contributed by atoms with Crippen molar-refractivity contribution in [3.05, 3.63) is 35.9 Å². The Morgan fingerprint density at radius 1 is 1.37 bits per heavy atom. The van der Waals surface area contributed by atoms with Gasteiger partial charge < -0.3 is 10.5 Å². The summed E-state index contributed by atoms with van der Waals surface area (Å²) in [5.74, 6) is 0. The van der Waals surface area contributed by atoms with Gasteiger partial charge in [-0.3, -0.25) is 4.90 Å². The van der Waals surface area contributed by atoms with Gasteiger partial charge in [0.25, 0.3) is 0 Å². The second-order valence-corrected chi connectivity index (χ2v) is 5.58. The van der Waals surface area contributed by atoms with Gasteiger partial charge in [-0.2, -0.15) is 0 Å². The summed E-state index contributed by atoms with van der Waals surface area (Å²) in [5.41, 5.74) is 7.66. The van der Waals surface area contributed by atoms with E-state index in [1.807, 2.05) is 6.07 Å². The van der Waals surface area contributed by atoms with E-state index < -0.39 is 0 Å². The van der Waals surface area contributed by atoms with E-state index in [2.05, 4.69) is 49.9 Å². The zero-order valence-corrected chi connectivity index (χ0v) is 12.3. The van der Waals surface area contributed by atoms with Gasteiger partial charge in [0.2, 0.25) is 0 Å². The lowest BCUT2D eigenvalue weighted by Gasteiger charge is -2.43. The van der Waals surface area contributed by atoms with Crippen molar-refractivity contribution in [1.82, 2.24) is 4.90 Å². The summed E-state index contributed by atoms with van der Waals surface area (Å²) in [6.45, 7) is 8.39. The molecule has 2 N–H and O–H groups in total. The highest BCUT2D eigenvalue weighted by Crippen LogP contribution is 2.24. The van der Waals surface area contributed by atoms with Gasteiger partial charge in [-0.25, -0.2) is 0 Å². The van der Waals surface area contributed by atoms with Crippen molar-refractivity contribution in [2.75, 3.05) is 13.2 Å². The minimum absolute atomic E-state index is 0.0561. The van der Waals surface area contributed by atoms with E-state index >= 15 is 0 Å². The molecule has 0 aliphatic carbocycles. The van der Waals surface area contributed by atoms with Crippen molar-refractivity contribution in [1.29, 1.82) is 0 Å². The normalized spacial score (nSPS) is 28.0. The molecule has 19 heavy (non-hydrogen) atoms. The average Bonchev–Trinajstić information content (AvgIpc) is 2.46. The summed E-state index contributed by atoms with van der Waals surface area (Å²) >= 11 is 0. The van der Waals surface area contributed by atoms with Crippen LogP contribution in [0.2, 0.25) is 0 Å². The molecule has 0 saturated carbocycles. The van der Waals surface area contributed by atoms with E-state index in [9.17, 15) is 0 Å². The number of rotatable bonds is 4. The number of nitrogens with two attached hydrogens (primary N) is 1. The van der Waals surface area contributed by atoms with E-state index in [4.69, 9.17) is 10.5 Å². The van der Waals surface area contributed by atoms with Gasteiger partial charge >= 0.3 is 0 Å². The number of nitrogens with zero attached hydrogens (tertiary/aromatic N) is 1. The minimum atomic E-state index is 0.0561. The Bertz CT molecular complexity index is 382. The lowest BCUT2D eigenvalue weighted by Crippen LogP contribution is -2.54. The maximum atomic E-state index is 6.45. The quantitative estimate of drug-likeness (QED) is 0.906. The molecule has 1 aliphatic rings. The molecule has 0 bridgehead atoms. The van der Waals surface area contributed by atoms with Gasteiger partial charge in [0, 0.05) is 24.7 Å². The van der Waals surface area contributed by atoms with E-state index in [0.717, 1.165) is 19.6 Å². The molecule has 3 heteroatoms. The van der Waals surface area contributed by atoms with Crippen molar-refractivity contribution in [2.24, 2.45) is 5.73 Å². The molecule has 1 aliphatic heterocycles. The first kappa shape index (κ1) is 14.5. The molecule has 0 spiro atoms. The van der Waals surface area contributed by atoms with Crippen LogP contribution in [0.3, 0.4) is 0 Å². The zero-order valence-electron chi connectivity index (χ0n) is 12.3. The van der Waals surface area contributed by atoms with Crippen LogP contribution in [0.25, 0.3) is 0 Å². The molecule has 0 radical (unpaired) electrons. The smallest absolute Gasteiger partial charge is 0.0674 e. The summed E-state index contributed by atoms with van der Waals surface area (Å²) in [7, 11) is 0. The molecular formula is C16H26N2O. The van der Waals surface area contributed by atoms with Crippen LogP contribution in [0.5, 0.6) is 0 Å². The Labute approximate surface area is 116 Å². The third-order valence-electron chi connectivity index (χ3n) is 4.21. The third-order valence-corrected chi connectivity index (χ3v) is 4.21.